The van der Waals surface area contributed by atoms with Crippen LogP contribution in [0.5, 0.6) is 0 Å². The van der Waals surface area contributed by atoms with Crippen LogP contribution in [0.15, 0.2) is 53.4 Å². The number of carboxylic acids is 1. The number of alkyl halides is 1. The summed E-state index contributed by atoms with van der Waals surface area (Å²) in [7, 11) is -3.50. The van der Waals surface area contributed by atoms with Crippen LogP contribution in [0.2, 0.25) is 0 Å². The molecule has 0 aliphatic heterocycles. The summed E-state index contributed by atoms with van der Waals surface area (Å²) in [5.41, 5.74) is 2.45. The van der Waals surface area contributed by atoms with E-state index in [0.717, 1.165) is 11.1 Å². The fourth-order valence-electron chi connectivity index (χ4n) is 2.01. The number of benzene rings is 2. The van der Waals surface area contributed by atoms with Gasteiger partial charge >= 0.3 is 5.97 Å². The van der Waals surface area contributed by atoms with Gasteiger partial charge in [-0.05, 0) is 35.7 Å². The van der Waals surface area contributed by atoms with Gasteiger partial charge in [-0.25, -0.2) is 8.42 Å². The molecule has 0 fully saturated rings. The molecule has 0 bridgehead atoms. The number of hydrogen-bond acceptors (Lipinski definition) is 3. The lowest BCUT2D eigenvalue weighted by Crippen LogP contribution is -2.11. The number of carbonyl (C=O) groups is 1. The second-order valence-corrected chi connectivity index (χ2v) is 8.06. The molecule has 0 aromatic heterocycles. The van der Waals surface area contributed by atoms with E-state index >= 15 is 0 Å². The summed E-state index contributed by atoms with van der Waals surface area (Å²) < 4.78 is 22.9. The largest absolute Gasteiger partial charge is 0.481 e. The Kier molecular flexibility index (Phi) is 4.88. The summed E-state index contributed by atoms with van der Waals surface area (Å²) in [6.45, 7) is 1.42. The first-order chi connectivity index (χ1) is 10.3. The average molecular weight is 339 g/mol. The van der Waals surface area contributed by atoms with Crippen molar-refractivity contribution < 1.29 is 18.3 Å². The smallest absolute Gasteiger partial charge is 0.307 e. The number of carboxylic acid groups (broad SMARTS) is 1. The molecule has 0 aliphatic rings. The van der Waals surface area contributed by atoms with E-state index in [1.54, 1.807) is 24.3 Å². The van der Waals surface area contributed by atoms with Crippen LogP contribution >= 0.6 is 11.6 Å². The first-order valence-corrected chi connectivity index (χ1v) is 8.58. The Balaban J connectivity index is 2.26. The number of rotatable bonds is 5. The van der Waals surface area contributed by atoms with E-state index in [2.05, 4.69) is 0 Å². The second-order valence-electron chi connectivity index (χ2n) is 4.88. The van der Waals surface area contributed by atoms with Crippen molar-refractivity contribution >= 4 is 27.4 Å². The van der Waals surface area contributed by atoms with Gasteiger partial charge in [-0.2, -0.15) is 0 Å². The maximum atomic E-state index is 11.9. The molecule has 0 radical (unpaired) electrons. The monoisotopic (exact) mass is 338 g/mol. The third-order valence-electron chi connectivity index (χ3n) is 3.25. The van der Waals surface area contributed by atoms with Crippen molar-refractivity contribution in [3.63, 3.8) is 0 Å². The van der Waals surface area contributed by atoms with Gasteiger partial charge in [0.05, 0.1) is 11.3 Å². The van der Waals surface area contributed by atoms with Crippen LogP contribution in [0.3, 0.4) is 0 Å². The average Bonchev–Trinajstić information content (AvgIpc) is 2.47. The van der Waals surface area contributed by atoms with Gasteiger partial charge in [0, 0.05) is 0 Å². The second kappa shape index (κ2) is 6.50. The molecule has 0 heterocycles. The summed E-state index contributed by atoms with van der Waals surface area (Å²) in [6.07, 6.45) is -0.0227. The van der Waals surface area contributed by atoms with Crippen LogP contribution < -0.4 is 0 Å². The zero-order valence-corrected chi connectivity index (χ0v) is 13.4. The molecule has 0 aliphatic carbocycles. The van der Waals surface area contributed by atoms with Crippen molar-refractivity contribution in [2.45, 2.75) is 22.9 Å². The van der Waals surface area contributed by atoms with Gasteiger partial charge in [-0.15, -0.1) is 11.6 Å². The van der Waals surface area contributed by atoms with E-state index in [9.17, 15) is 13.2 Å². The number of halogens is 1. The van der Waals surface area contributed by atoms with Gasteiger partial charge in [-0.3, -0.25) is 4.79 Å². The summed E-state index contributed by atoms with van der Waals surface area (Å²) >= 11 is 5.68. The number of hydrogen-bond donors (Lipinski definition) is 1. The van der Waals surface area contributed by atoms with E-state index in [1.165, 1.54) is 19.1 Å². The number of aliphatic carboxylic acids is 1. The fraction of sp³-hybridized carbons (Fsp3) is 0.188. The van der Waals surface area contributed by atoms with Crippen molar-refractivity contribution in [2.24, 2.45) is 0 Å². The molecular formula is C16H15ClO4S. The third-order valence-corrected chi connectivity index (χ3v) is 5.74. The number of sulfone groups is 1. The highest BCUT2D eigenvalue weighted by atomic mass is 35.5. The Morgan fingerprint density at radius 1 is 1.05 bits per heavy atom. The Bertz CT molecular complexity index is 763. The molecule has 4 nitrogen and oxygen atoms in total. The lowest BCUT2D eigenvalue weighted by atomic mass is 10.0. The highest BCUT2D eigenvalue weighted by molar-refractivity contribution is 7.93. The van der Waals surface area contributed by atoms with Gasteiger partial charge in [0.2, 0.25) is 0 Å². The molecule has 0 spiro atoms. The van der Waals surface area contributed by atoms with E-state index < -0.39 is 20.5 Å². The van der Waals surface area contributed by atoms with E-state index in [4.69, 9.17) is 16.7 Å². The van der Waals surface area contributed by atoms with Gasteiger partial charge in [0.25, 0.3) is 0 Å². The van der Waals surface area contributed by atoms with Crippen LogP contribution in [0.4, 0.5) is 0 Å². The molecule has 6 heteroatoms. The van der Waals surface area contributed by atoms with Gasteiger partial charge in [0.1, 0.15) is 4.71 Å². The fourth-order valence-corrected chi connectivity index (χ4v) is 3.21. The molecular weight excluding hydrogens is 324 g/mol. The molecule has 0 saturated carbocycles. The van der Waals surface area contributed by atoms with Crippen molar-refractivity contribution in [1.29, 1.82) is 0 Å². The Hall–Kier alpha value is -1.85. The molecule has 1 N–H and O–H groups in total. The summed E-state index contributed by atoms with van der Waals surface area (Å²) in [5, 5.41) is 8.74. The standard InChI is InChI=1S/C16H15ClO4S/c1-11(17)22(20,21)15-8-6-14(7-9-15)13-4-2-12(3-5-13)10-16(18)19/h2-9,11H,10H2,1H3,(H,18,19). The third kappa shape index (κ3) is 3.67. The highest BCUT2D eigenvalue weighted by Crippen LogP contribution is 2.24. The van der Waals surface area contributed by atoms with Crippen molar-refractivity contribution in [3.05, 3.63) is 54.1 Å². The molecule has 0 amide bonds. The predicted molar refractivity (Wildman–Crippen MR) is 85.7 cm³/mol. The summed E-state index contributed by atoms with van der Waals surface area (Å²) in [4.78, 5) is 10.8. The topological polar surface area (TPSA) is 71.4 Å². The van der Waals surface area contributed by atoms with Crippen molar-refractivity contribution in [2.75, 3.05) is 0 Å². The zero-order valence-electron chi connectivity index (χ0n) is 11.9. The maximum Gasteiger partial charge on any atom is 0.307 e. The van der Waals surface area contributed by atoms with E-state index in [0.29, 0.717) is 5.56 Å². The van der Waals surface area contributed by atoms with Crippen LogP contribution in [-0.2, 0) is 21.1 Å². The zero-order chi connectivity index (χ0) is 16.3. The van der Waals surface area contributed by atoms with Gasteiger partial charge in [0.15, 0.2) is 9.84 Å². The first kappa shape index (κ1) is 16.5. The van der Waals surface area contributed by atoms with Crippen molar-refractivity contribution in [3.8, 4) is 11.1 Å². The molecule has 2 aromatic rings. The van der Waals surface area contributed by atoms with Crippen LogP contribution in [0, 0.1) is 0 Å². The molecule has 1 atom stereocenters. The molecule has 1 unspecified atom stereocenters. The lowest BCUT2D eigenvalue weighted by molar-refractivity contribution is -0.136. The van der Waals surface area contributed by atoms with Gasteiger partial charge < -0.3 is 5.11 Å². The quantitative estimate of drug-likeness (QED) is 0.849. The normalized spacial score (nSPS) is 12.8. The molecule has 0 saturated heterocycles. The van der Waals surface area contributed by atoms with Crippen LogP contribution in [-0.4, -0.2) is 24.2 Å². The lowest BCUT2D eigenvalue weighted by Gasteiger charge is -2.08. The van der Waals surface area contributed by atoms with Crippen molar-refractivity contribution in [1.82, 2.24) is 0 Å². The molecule has 22 heavy (non-hydrogen) atoms. The minimum Gasteiger partial charge on any atom is -0.481 e. The van der Waals surface area contributed by atoms with E-state index in [-0.39, 0.29) is 11.3 Å². The Morgan fingerprint density at radius 3 is 1.91 bits per heavy atom. The Morgan fingerprint density at radius 2 is 1.50 bits per heavy atom. The molecule has 2 aromatic carbocycles. The van der Waals surface area contributed by atoms with E-state index in [1.807, 2.05) is 12.1 Å². The molecule has 2 rings (SSSR count). The summed E-state index contributed by atoms with van der Waals surface area (Å²) in [6, 6.07) is 13.6. The van der Waals surface area contributed by atoms with Gasteiger partial charge in [-0.1, -0.05) is 36.4 Å². The first-order valence-electron chi connectivity index (χ1n) is 6.60. The SMILES string of the molecule is CC(Cl)S(=O)(=O)c1ccc(-c2ccc(CC(=O)O)cc2)cc1. The summed E-state index contributed by atoms with van der Waals surface area (Å²) in [5.74, 6) is -0.877. The maximum absolute atomic E-state index is 11.9. The molecule has 116 valence electrons. The highest BCUT2D eigenvalue weighted by Gasteiger charge is 2.20. The minimum absolute atomic E-state index is 0.0227. The van der Waals surface area contributed by atoms with Crippen LogP contribution in [0.1, 0.15) is 12.5 Å². The van der Waals surface area contributed by atoms with Crippen LogP contribution in [0.25, 0.3) is 11.1 Å². The predicted octanol–water partition coefficient (Wildman–Crippen LogP) is 3.34. The Labute approximate surface area is 134 Å². The minimum atomic E-state index is -3.50.